The molecule has 3 aliphatic rings. The Bertz CT molecular complexity index is 297. The first-order chi connectivity index (χ1) is 7.59. The second kappa shape index (κ2) is 4.31. The van der Waals surface area contributed by atoms with Gasteiger partial charge in [-0.2, -0.15) is 11.5 Å². The quantitative estimate of drug-likeness (QED) is 0.517. The van der Waals surface area contributed by atoms with Crippen molar-refractivity contribution >= 4 is 54.2 Å². The second-order valence-electron chi connectivity index (χ2n) is 4.54. The van der Waals surface area contributed by atoms with E-state index in [0.717, 1.165) is 39.0 Å². The highest BCUT2D eigenvalue weighted by Gasteiger charge is 2.58. The molecule has 1 N–H and O–H groups in total. The van der Waals surface area contributed by atoms with E-state index >= 15 is 0 Å². The third-order valence-electron chi connectivity index (χ3n) is 3.55. The van der Waals surface area contributed by atoms with Crippen molar-refractivity contribution < 1.29 is 0 Å². The molecule has 0 unspecified atom stereocenters. The minimum absolute atomic E-state index is 0.216. The van der Waals surface area contributed by atoms with E-state index in [9.17, 15) is 0 Å². The van der Waals surface area contributed by atoms with Gasteiger partial charge in [-0.15, -0.1) is 22.2 Å². The molecule has 0 aromatic carbocycles. The van der Waals surface area contributed by atoms with Gasteiger partial charge in [0.05, 0.1) is 0 Å². The summed E-state index contributed by atoms with van der Waals surface area (Å²) in [6, 6.07) is 0. The predicted molar refractivity (Wildman–Crippen MR) is 72.2 cm³/mol. The molecule has 4 nitrogen and oxygen atoms in total. The van der Waals surface area contributed by atoms with Crippen LogP contribution in [0.5, 0.6) is 0 Å². The summed E-state index contributed by atoms with van der Waals surface area (Å²) in [5.74, 6) is 0. The van der Waals surface area contributed by atoms with Crippen LogP contribution in [0.15, 0.2) is 0 Å². The molecule has 0 spiro atoms. The zero-order valence-electron chi connectivity index (χ0n) is 8.87. The number of rotatable bonds is 0. The van der Waals surface area contributed by atoms with Crippen molar-refractivity contribution in [3.8, 4) is 0 Å². The van der Waals surface area contributed by atoms with Crippen LogP contribution >= 0.6 is 33.6 Å². The molecule has 0 aromatic heterocycles. The van der Waals surface area contributed by atoms with Crippen LogP contribution in [0.2, 0.25) is 0 Å². The first kappa shape index (κ1) is 12.1. The van der Waals surface area contributed by atoms with E-state index < -0.39 is 7.02 Å². The molecule has 3 fully saturated rings. The number of nitrogens with one attached hydrogen (secondary N) is 1. The fraction of sp³-hybridized carbons (Fsp3) is 1.00. The van der Waals surface area contributed by atoms with Gasteiger partial charge in [0.1, 0.15) is 0 Å². The van der Waals surface area contributed by atoms with Crippen LogP contribution in [-0.2, 0) is 0 Å². The molecule has 0 saturated carbocycles. The molecule has 0 radical (unpaired) electrons. The maximum atomic E-state index is 6.43. The fourth-order valence-corrected chi connectivity index (χ4v) is 7.20. The Labute approximate surface area is 112 Å². The summed E-state index contributed by atoms with van der Waals surface area (Å²) in [5.41, 5.74) is 0. The molecule has 0 aromatic rings. The van der Waals surface area contributed by atoms with Crippen molar-refractivity contribution in [2.45, 2.75) is 12.8 Å². The van der Waals surface area contributed by atoms with Gasteiger partial charge in [-0.05, 0) is 39.0 Å². The van der Waals surface area contributed by atoms with Crippen LogP contribution in [-0.4, -0.2) is 60.7 Å². The van der Waals surface area contributed by atoms with Crippen molar-refractivity contribution in [3.05, 3.63) is 0 Å². The highest BCUT2D eigenvalue weighted by atomic mass is 35.7. The lowest BCUT2D eigenvalue weighted by Gasteiger charge is -2.56. The molecule has 10 heteroatoms. The number of nitrogens with zero attached hydrogens (tertiary/aromatic N) is 3. The second-order valence-corrected chi connectivity index (χ2v) is 10.8. The minimum atomic E-state index is -2.57. The van der Waals surface area contributed by atoms with Crippen LogP contribution in [0, 0.1) is 0 Å². The fourth-order valence-electron chi connectivity index (χ4n) is 2.89. The van der Waals surface area contributed by atoms with Crippen molar-refractivity contribution in [3.63, 3.8) is 0 Å². The van der Waals surface area contributed by atoms with Crippen LogP contribution < -0.4 is 4.89 Å². The third-order valence-corrected chi connectivity index (χ3v) is 7.85. The molecule has 0 bridgehead atoms. The molecule has 0 amide bonds. The average Bonchev–Trinajstić information content (AvgIpc) is 2.25. The number of hydrogen-bond acceptors (Lipinski definition) is 4. The van der Waals surface area contributed by atoms with Gasteiger partial charge in [-0.25, -0.2) is 0 Å². The summed E-state index contributed by atoms with van der Waals surface area (Å²) in [6.45, 7) is 4.23. The Kier molecular flexibility index (Phi) is 3.26. The van der Waals surface area contributed by atoms with Gasteiger partial charge in [0.25, 0.3) is 0 Å². The SMILES string of the molecule is ClB1N[Si](Cl)(Cl)N2CCCN3CCCN1B32. The summed E-state index contributed by atoms with van der Waals surface area (Å²) < 4.78 is 4.47. The Hall–Kier alpha value is 1.06. The third kappa shape index (κ3) is 1.85. The van der Waals surface area contributed by atoms with Gasteiger partial charge in [0.2, 0.25) is 0 Å². The van der Waals surface area contributed by atoms with Gasteiger partial charge in [-0.1, -0.05) is 0 Å². The van der Waals surface area contributed by atoms with E-state index in [1.807, 2.05) is 0 Å². The Balaban J connectivity index is 1.92. The summed E-state index contributed by atoms with van der Waals surface area (Å²) in [5, 5.41) is 0. The zero-order valence-corrected chi connectivity index (χ0v) is 12.1. The Morgan fingerprint density at radius 2 is 1.75 bits per heavy atom. The lowest BCUT2D eigenvalue weighted by atomic mass is 9.74. The van der Waals surface area contributed by atoms with Crippen LogP contribution in [0.1, 0.15) is 12.8 Å². The molecule has 3 heterocycles. The van der Waals surface area contributed by atoms with E-state index in [4.69, 9.17) is 33.6 Å². The molecule has 3 aliphatic heterocycles. The minimum Gasteiger partial charge on any atom is -0.328 e. The number of halogens is 3. The molecule has 0 atom stereocenters. The summed E-state index contributed by atoms with van der Waals surface area (Å²) >= 11 is 19.2. The van der Waals surface area contributed by atoms with E-state index in [0.29, 0.717) is 0 Å². The van der Waals surface area contributed by atoms with Crippen LogP contribution in [0.3, 0.4) is 0 Å². The summed E-state index contributed by atoms with van der Waals surface area (Å²) in [6.07, 6.45) is 2.06. The molecule has 3 saturated heterocycles. The molecule has 3 rings (SSSR count). The monoisotopic (exact) mass is 296 g/mol. The highest BCUT2D eigenvalue weighted by molar-refractivity contribution is 7.47. The average molecular weight is 297 g/mol. The van der Waals surface area contributed by atoms with E-state index in [1.165, 1.54) is 0 Å². The van der Waals surface area contributed by atoms with Crippen molar-refractivity contribution in [2.24, 2.45) is 0 Å². The van der Waals surface area contributed by atoms with E-state index in [2.05, 4.69) is 18.9 Å². The van der Waals surface area contributed by atoms with E-state index in [1.54, 1.807) is 0 Å². The van der Waals surface area contributed by atoms with Gasteiger partial charge in [0, 0.05) is 0 Å². The summed E-state index contributed by atoms with van der Waals surface area (Å²) in [4.78, 5) is 5.61. The zero-order chi connectivity index (χ0) is 11.3. The Morgan fingerprint density at radius 3 is 2.50 bits per heavy atom. The highest BCUT2D eigenvalue weighted by Crippen LogP contribution is 2.32. The van der Waals surface area contributed by atoms with Crippen molar-refractivity contribution in [2.75, 3.05) is 26.2 Å². The predicted octanol–water partition coefficient (Wildman–Crippen LogP) is 0.425. The maximum Gasteiger partial charge on any atom is 0.403 e. The molecule has 88 valence electrons. The van der Waals surface area contributed by atoms with Gasteiger partial charge >= 0.3 is 20.5 Å². The summed E-state index contributed by atoms with van der Waals surface area (Å²) in [7, 11) is -2.35. The standard InChI is InChI=1S/C6H13B2Cl3N4Si/c9-7-12-16(10,11)15-6-2-4-13-3-1-5-14(7)8(13)15/h12H,1-6H2. The first-order valence-corrected chi connectivity index (χ1v) is 10.1. The molecular formula is C6H13B2Cl3N4Si. The van der Waals surface area contributed by atoms with Crippen LogP contribution in [0.25, 0.3) is 0 Å². The molecular weight excluding hydrogens is 284 g/mol. The van der Waals surface area contributed by atoms with Crippen LogP contribution in [0.4, 0.5) is 0 Å². The van der Waals surface area contributed by atoms with Gasteiger partial charge < -0.3 is 18.9 Å². The smallest absolute Gasteiger partial charge is 0.328 e. The molecule has 0 aliphatic carbocycles. The first-order valence-electron chi connectivity index (χ1n) is 5.66. The lowest BCUT2D eigenvalue weighted by Crippen LogP contribution is -2.84. The largest absolute Gasteiger partial charge is 0.403 e. The van der Waals surface area contributed by atoms with E-state index in [-0.39, 0.29) is 13.5 Å². The van der Waals surface area contributed by atoms with Gasteiger partial charge in [-0.3, -0.25) is 0 Å². The van der Waals surface area contributed by atoms with Gasteiger partial charge in [0.15, 0.2) is 0 Å². The van der Waals surface area contributed by atoms with Crippen molar-refractivity contribution in [1.29, 1.82) is 0 Å². The van der Waals surface area contributed by atoms with Crippen molar-refractivity contribution in [1.82, 2.24) is 18.9 Å². The molecule has 16 heavy (non-hydrogen) atoms. The lowest BCUT2D eigenvalue weighted by molar-refractivity contribution is 0.261. The normalized spacial score (nSPS) is 31.7. The Morgan fingerprint density at radius 1 is 1.06 bits per heavy atom. The maximum absolute atomic E-state index is 6.43. The number of hydrogen-bond donors (Lipinski definition) is 1. The topological polar surface area (TPSA) is 21.8 Å².